The molecule has 0 aromatic heterocycles. The van der Waals surface area contributed by atoms with Crippen LogP contribution in [0.1, 0.15) is 0 Å². The summed E-state index contributed by atoms with van der Waals surface area (Å²) in [4.78, 5) is 12.2. The topological polar surface area (TPSA) is 66.0 Å². The number of hydrogen-bond donors (Lipinski definition) is 1. The lowest BCUT2D eigenvalue weighted by atomic mass is 10.1. The highest BCUT2D eigenvalue weighted by atomic mass is 16.5. The molecule has 140 valence electrons. The van der Waals surface area contributed by atoms with E-state index < -0.39 is 0 Å². The van der Waals surface area contributed by atoms with Crippen molar-refractivity contribution in [3.05, 3.63) is 54.6 Å². The minimum Gasteiger partial charge on any atom is -0.497 e. The van der Waals surface area contributed by atoms with Crippen LogP contribution in [0.4, 0.5) is 5.69 Å². The molecule has 3 aromatic rings. The van der Waals surface area contributed by atoms with Crippen molar-refractivity contribution in [3.63, 3.8) is 0 Å². The fraction of sp³-hybridized carbons (Fsp3) is 0.190. The molecule has 0 aliphatic rings. The average Bonchev–Trinajstić information content (AvgIpc) is 2.71. The summed E-state index contributed by atoms with van der Waals surface area (Å²) >= 11 is 0. The van der Waals surface area contributed by atoms with Gasteiger partial charge in [0.2, 0.25) is 0 Å². The molecule has 0 atom stereocenters. The second-order valence-electron chi connectivity index (χ2n) is 5.78. The van der Waals surface area contributed by atoms with E-state index in [1.54, 1.807) is 32.4 Å². The standard InChI is InChI=1S/C21H21NO5/c1-24-16-6-4-14-5-7-18(11-15(14)10-16)27-13-21(23)22-19-9-8-17(25-2)12-20(19)26-3/h4-12H,13H2,1-3H3,(H,22,23). The Balaban J connectivity index is 1.66. The fourth-order valence-electron chi connectivity index (χ4n) is 2.66. The number of amides is 1. The van der Waals surface area contributed by atoms with Crippen LogP contribution in [-0.2, 0) is 4.79 Å². The Labute approximate surface area is 157 Å². The van der Waals surface area contributed by atoms with Gasteiger partial charge in [-0.25, -0.2) is 0 Å². The molecule has 1 N–H and O–H groups in total. The van der Waals surface area contributed by atoms with E-state index in [0.29, 0.717) is 22.9 Å². The minimum absolute atomic E-state index is 0.120. The molecule has 0 saturated heterocycles. The summed E-state index contributed by atoms with van der Waals surface area (Å²) in [7, 11) is 4.73. The monoisotopic (exact) mass is 367 g/mol. The number of methoxy groups -OCH3 is 3. The van der Waals surface area contributed by atoms with E-state index in [0.717, 1.165) is 16.5 Å². The molecule has 6 nitrogen and oxygen atoms in total. The van der Waals surface area contributed by atoms with Crippen molar-refractivity contribution in [2.45, 2.75) is 0 Å². The fourth-order valence-corrected chi connectivity index (χ4v) is 2.66. The van der Waals surface area contributed by atoms with Crippen molar-refractivity contribution >= 4 is 22.4 Å². The Morgan fingerprint density at radius 1 is 0.778 bits per heavy atom. The van der Waals surface area contributed by atoms with E-state index >= 15 is 0 Å². The molecule has 0 fully saturated rings. The van der Waals surface area contributed by atoms with Gasteiger partial charge in [-0.2, -0.15) is 0 Å². The molecule has 0 aliphatic heterocycles. The largest absolute Gasteiger partial charge is 0.497 e. The quantitative estimate of drug-likeness (QED) is 0.686. The minimum atomic E-state index is -0.288. The van der Waals surface area contributed by atoms with Crippen molar-refractivity contribution in [1.29, 1.82) is 0 Å². The molecule has 3 aromatic carbocycles. The Kier molecular flexibility index (Phi) is 5.66. The highest BCUT2D eigenvalue weighted by molar-refractivity contribution is 5.93. The van der Waals surface area contributed by atoms with Gasteiger partial charge < -0.3 is 24.3 Å². The number of ether oxygens (including phenoxy) is 4. The summed E-state index contributed by atoms with van der Waals surface area (Å²) in [6.45, 7) is -0.120. The Morgan fingerprint density at radius 3 is 2.11 bits per heavy atom. The van der Waals surface area contributed by atoms with Crippen molar-refractivity contribution < 1.29 is 23.7 Å². The van der Waals surface area contributed by atoms with E-state index in [-0.39, 0.29) is 12.5 Å². The van der Waals surface area contributed by atoms with Crippen LogP contribution in [0.25, 0.3) is 10.8 Å². The summed E-state index contributed by atoms with van der Waals surface area (Å²) in [5, 5.41) is 4.82. The zero-order chi connectivity index (χ0) is 19.2. The smallest absolute Gasteiger partial charge is 0.262 e. The van der Waals surface area contributed by atoms with Gasteiger partial charge in [0.1, 0.15) is 23.0 Å². The second kappa shape index (κ2) is 8.31. The normalized spacial score (nSPS) is 10.3. The zero-order valence-electron chi connectivity index (χ0n) is 15.4. The van der Waals surface area contributed by atoms with Crippen LogP contribution >= 0.6 is 0 Å². The summed E-state index contributed by atoms with van der Waals surface area (Å²) in [5.41, 5.74) is 0.551. The number of benzene rings is 3. The van der Waals surface area contributed by atoms with Crippen LogP contribution in [0.2, 0.25) is 0 Å². The Morgan fingerprint density at radius 2 is 1.41 bits per heavy atom. The number of fused-ring (bicyclic) bond motifs is 1. The van der Waals surface area contributed by atoms with Crippen LogP contribution in [-0.4, -0.2) is 33.8 Å². The molecule has 0 spiro atoms. The van der Waals surface area contributed by atoms with Crippen LogP contribution in [0, 0.1) is 0 Å². The third kappa shape index (κ3) is 4.41. The molecule has 0 radical (unpaired) electrons. The molecule has 0 aliphatic carbocycles. The van der Waals surface area contributed by atoms with Gasteiger partial charge in [0.25, 0.3) is 5.91 Å². The Bertz CT molecular complexity index is 954. The molecular weight excluding hydrogens is 346 g/mol. The molecule has 6 heteroatoms. The number of rotatable bonds is 7. The second-order valence-corrected chi connectivity index (χ2v) is 5.78. The first-order valence-electron chi connectivity index (χ1n) is 8.35. The van der Waals surface area contributed by atoms with Gasteiger partial charge in [0.05, 0.1) is 27.0 Å². The molecule has 27 heavy (non-hydrogen) atoms. The van der Waals surface area contributed by atoms with Gasteiger partial charge in [0, 0.05) is 6.07 Å². The van der Waals surface area contributed by atoms with Gasteiger partial charge in [-0.1, -0.05) is 12.1 Å². The van der Waals surface area contributed by atoms with E-state index in [1.807, 2.05) is 36.4 Å². The van der Waals surface area contributed by atoms with Gasteiger partial charge >= 0.3 is 0 Å². The molecule has 3 rings (SSSR count). The number of carbonyl (C=O) groups is 1. The number of carbonyl (C=O) groups excluding carboxylic acids is 1. The van der Waals surface area contributed by atoms with Crippen molar-refractivity contribution in [2.75, 3.05) is 33.3 Å². The van der Waals surface area contributed by atoms with E-state index in [4.69, 9.17) is 18.9 Å². The van der Waals surface area contributed by atoms with Crippen LogP contribution in [0.5, 0.6) is 23.0 Å². The predicted molar refractivity (Wildman–Crippen MR) is 104 cm³/mol. The van der Waals surface area contributed by atoms with Crippen molar-refractivity contribution in [3.8, 4) is 23.0 Å². The third-order valence-electron chi connectivity index (χ3n) is 4.07. The van der Waals surface area contributed by atoms with Crippen LogP contribution < -0.4 is 24.3 Å². The van der Waals surface area contributed by atoms with Crippen molar-refractivity contribution in [2.24, 2.45) is 0 Å². The summed E-state index contributed by atoms with van der Waals surface area (Å²) < 4.78 is 21.3. The highest BCUT2D eigenvalue weighted by Crippen LogP contribution is 2.29. The van der Waals surface area contributed by atoms with Gasteiger partial charge in [0.15, 0.2) is 6.61 Å². The lowest BCUT2D eigenvalue weighted by Crippen LogP contribution is -2.20. The first kappa shape index (κ1) is 18.4. The molecule has 0 bridgehead atoms. The molecular formula is C21H21NO5. The molecule has 1 amide bonds. The lowest BCUT2D eigenvalue weighted by molar-refractivity contribution is -0.118. The summed E-state index contributed by atoms with van der Waals surface area (Å²) in [6.07, 6.45) is 0. The molecule has 0 unspecified atom stereocenters. The highest BCUT2D eigenvalue weighted by Gasteiger charge is 2.10. The average molecular weight is 367 g/mol. The molecule has 0 heterocycles. The summed E-state index contributed by atoms with van der Waals surface area (Å²) in [6, 6.07) is 16.6. The SMILES string of the molecule is COc1ccc(NC(=O)COc2ccc3ccc(OC)cc3c2)c(OC)c1. The van der Waals surface area contributed by atoms with Gasteiger partial charge in [-0.15, -0.1) is 0 Å². The maximum atomic E-state index is 12.2. The number of nitrogens with one attached hydrogen (secondary N) is 1. The molecule has 0 saturated carbocycles. The number of hydrogen-bond acceptors (Lipinski definition) is 5. The van der Waals surface area contributed by atoms with E-state index in [1.165, 1.54) is 7.11 Å². The third-order valence-corrected chi connectivity index (χ3v) is 4.07. The first-order valence-corrected chi connectivity index (χ1v) is 8.35. The van der Waals surface area contributed by atoms with Crippen LogP contribution in [0.15, 0.2) is 54.6 Å². The Hall–Kier alpha value is -3.41. The van der Waals surface area contributed by atoms with E-state index in [9.17, 15) is 4.79 Å². The lowest BCUT2D eigenvalue weighted by Gasteiger charge is -2.12. The predicted octanol–water partition coefficient (Wildman–Crippen LogP) is 3.88. The maximum Gasteiger partial charge on any atom is 0.262 e. The zero-order valence-corrected chi connectivity index (χ0v) is 15.4. The van der Waals surface area contributed by atoms with E-state index in [2.05, 4.69) is 5.32 Å². The van der Waals surface area contributed by atoms with Gasteiger partial charge in [-0.05, 0) is 47.2 Å². The van der Waals surface area contributed by atoms with Crippen molar-refractivity contribution in [1.82, 2.24) is 0 Å². The first-order chi connectivity index (χ1) is 13.1. The maximum absolute atomic E-state index is 12.2. The summed E-state index contributed by atoms with van der Waals surface area (Å²) in [5.74, 6) is 2.24. The van der Waals surface area contributed by atoms with Gasteiger partial charge in [-0.3, -0.25) is 4.79 Å². The van der Waals surface area contributed by atoms with Crippen LogP contribution in [0.3, 0.4) is 0 Å². The number of anilines is 1.